The predicted octanol–water partition coefficient (Wildman–Crippen LogP) is 1.14. The summed E-state index contributed by atoms with van der Waals surface area (Å²) in [6.07, 6.45) is 5.24. The van der Waals surface area contributed by atoms with Crippen LogP contribution in [0.15, 0.2) is 0 Å². The Kier molecular flexibility index (Phi) is 3.29. The maximum Gasteiger partial charge on any atom is 0.235 e. The lowest BCUT2D eigenvalue weighted by atomic mass is 9.67. The molecular weight excluding hydrogens is 258 g/mol. The van der Waals surface area contributed by atoms with Crippen molar-refractivity contribution in [3.63, 3.8) is 0 Å². The van der Waals surface area contributed by atoms with Crippen molar-refractivity contribution in [2.75, 3.05) is 19.6 Å². The standard InChI is InChI=1S/C14H23N3OS/c1-10-8-16-7-2-4-11(16)9-17(10)13(18)14(12(15)19)5-3-6-14/h10-11H,2-9H2,1H3,(H2,15,19). The number of thiocarbonyl (C=S) groups is 1. The lowest BCUT2D eigenvalue weighted by molar-refractivity contribution is -0.147. The molecule has 5 heteroatoms. The van der Waals surface area contributed by atoms with Gasteiger partial charge in [0.2, 0.25) is 5.91 Å². The maximum atomic E-state index is 12.9. The molecule has 3 rings (SSSR count). The molecule has 0 aromatic heterocycles. The van der Waals surface area contributed by atoms with E-state index in [0.717, 1.165) is 32.4 Å². The van der Waals surface area contributed by atoms with E-state index in [0.29, 0.717) is 11.0 Å². The second kappa shape index (κ2) is 4.70. The van der Waals surface area contributed by atoms with Gasteiger partial charge in [-0.25, -0.2) is 0 Å². The van der Waals surface area contributed by atoms with Crippen molar-refractivity contribution in [1.29, 1.82) is 0 Å². The summed E-state index contributed by atoms with van der Waals surface area (Å²) in [5, 5.41) is 0. The number of carbonyl (C=O) groups is 1. The van der Waals surface area contributed by atoms with Crippen LogP contribution in [0.4, 0.5) is 0 Å². The molecule has 1 amide bonds. The zero-order valence-electron chi connectivity index (χ0n) is 11.6. The molecule has 4 nitrogen and oxygen atoms in total. The molecule has 2 aliphatic heterocycles. The summed E-state index contributed by atoms with van der Waals surface area (Å²) in [5.41, 5.74) is 5.36. The molecule has 0 aromatic carbocycles. The number of fused-ring (bicyclic) bond motifs is 1. The first-order chi connectivity index (χ1) is 9.04. The molecule has 19 heavy (non-hydrogen) atoms. The molecule has 1 aliphatic carbocycles. The van der Waals surface area contributed by atoms with Crippen LogP contribution < -0.4 is 5.73 Å². The summed E-state index contributed by atoms with van der Waals surface area (Å²) in [6, 6.07) is 0.845. The fourth-order valence-electron chi connectivity index (χ4n) is 3.84. The van der Waals surface area contributed by atoms with Gasteiger partial charge >= 0.3 is 0 Å². The highest BCUT2D eigenvalue weighted by Crippen LogP contribution is 2.44. The van der Waals surface area contributed by atoms with Crippen LogP contribution in [0.1, 0.15) is 39.0 Å². The fraction of sp³-hybridized carbons (Fsp3) is 0.857. The molecule has 0 spiro atoms. The van der Waals surface area contributed by atoms with Crippen LogP contribution in [0.25, 0.3) is 0 Å². The van der Waals surface area contributed by atoms with Crippen LogP contribution in [0.3, 0.4) is 0 Å². The molecule has 0 bridgehead atoms. The van der Waals surface area contributed by atoms with Crippen LogP contribution in [0.2, 0.25) is 0 Å². The third-order valence-corrected chi connectivity index (χ3v) is 5.68. The first-order valence-electron chi connectivity index (χ1n) is 7.39. The van der Waals surface area contributed by atoms with E-state index in [-0.39, 0.29) is 11.9 Å². The zero-order valence-corrected chi connectivity index (χ0v) is 12.4. The van der Waals surface area contributed by atoms with Gasteiger partial charge in [-0.3, -0.25) is 9.69 Å². The van der Waals surface area contributed by atoms with E-state index in [1.165, 1.54) is 19.4 Å². The van der Waals surface area contributed by atoms with E-state index in [1.807, 2.05) is 0 Å². The summed E-state index contributed by atoms with van der Waals surface area (Å²) >= 11 is 5.18. The summed E-state index contributed by atoms with van der Waals surface area (Å²) < 4.78 is 0. The molecule has 3 aliphatic rings. The summed E-state index contributed by atoms with van der Waals surface area (Å²) in [4.78, 5) is 17.9. The van der Waals surface area contributed by atoms with Crippen molar-refractivity contribution in [2.24, 2.45) is 11.1 Å². The molecule has 2 heterocycles. The molecule has 2 unspecified atom stereocenters. The number of piperazine rings is 1. The Balaban J connectivity index is 1.77. The fourth-order valence-corrected chi connectivity index (χ4v) is 4.13. The lowest BCUT2D eigenvalue weighted by Crippen LogP contribution is -2.63. The number of rotatable bonds is 2. The Labute approximate surface area is 120 Å². The van der Waals surface area contributed by atoms with Gasteiger partial charge in [0.15, 0.2) is 0 Å². The highest BCUT2D eigenvalue weighted by atomic mass is 32.1. The van der Waals surface area contributed by atoms with Crippen LogP contribution in [0.5, 0.6) is 0 Å². The van der Waals surface area contributed by atoms with Crippen LogP contribution >= 0.6 is 12.2 Å². The number of amides is 1. The van der Waals surface area contributed by atoms with Crippen LogP contribution in [-0.4, -0.2) is 52.4 Å². The second-order valence-corrected chi connectivity index (χ2v) is 6.84. The van der Waals surface area contributed by atoms with E-state index in [9.17, 15) is 4.79 Å². The Hall–Kier alpha value is -0.680. The Morgan fingerprint density at radius 3 is 2.63 bits per heavy atom. The van der Waals surface area contributed by atoms with Crippen molar-refractivity contribution in [3.8, 4) is 0 Å². The van der Waals surface area contributed by atoms with Gasteiger partial charge in [0.05, 0.1) is 10.4 Å². The topological polar surface area (TPSA) is 49.6 Å². The monoisotopic (exact) mass is 281 g/mol. The molecule has 3 fully saturated rings. The van der Waals surface area contributed by atoms with Crippen molar-refractivity contribution in [3.05, 3.63) is 0 Å². The lowest BCUT2D eigenvalue weighted by Gasteiger charge is -2.48. The Bertz CT molecular complexity index is 407. The largest absolute Gasteiger partial charge is 0.392 e. The third-order valence-electron chi connectivity index (χ3n) is 5.29. The van der Waals surface area contributed by atoms with Crippen molar-refractivity contribution >= 4 is 23.1 Å². The predicted molar refractivity (Wildman–Crippen MR) is 78.8 cm³/mol. The van der Waals surface area contributed by atoms with Crippen molar-refractivity contribution < 1.29 is 4.79 Å². The third kappa shape index (κ3) is 1.98. The van der Waals surface area contributed by atoms with Crippen LogP contribution in [-0.2, 0) is 4.79 Å². The quantitative estimate of drug-likeness (QED) is 0.771. The molecule has 2 saturated heterocycles. The maximum absolute atomic E-state index is 12.9. The summed E-state index contributed by atoms with van der Waals surface area (Å²) in [6.45, 7) is 5.21. The van der Waals surface area contributed by atoms with Gasteiger partial charge in [-0.1, -0.05) is 18.6 Å². The minimum Gasteiger partial charge on any atom is -0.392 e. The summed E-state index contributed by atoms with van der Waals surface area (Å²) in [5.74, 6) is 0.199. The van der Waals surface area contributed by atoms with Gasteiger partial charge in [0, 0.05) is 25.2 Å². The van der Waals surface area contributed by atoms with Crippen LogP contribution in [0, 0.1) is 5.41 Å². The minimum atomic E-state index is -0.510. The van der Waals surface area contributed by atoms with E-state index < -0.39 is 5.41 Å². The van der Waals surface area contributed by atoms with Gasteiger partial charge in [-0.2, -0.15) is 0 Å². The number of hydrogen-bond donors (Lipinski definition) is 1. The zero-order chi connectivity index (χ0) is 13.6. The minimum absolute atomic E-state index is 0.199. The number of nitrogens with zero attached hydrogens (tertiary/aromatic N) is 2. The normalized spacial score (nSPS) is 33.6. The smallest absolute Gasteiger partial charge is 0.235 e. The van der Waals surface area contributed by atoms with Gasteiger partial charge in [0.1, 0.15) is 0 Å². The molecule has 1 saturated carbocycles. The number of nitrogens with two attached hydrogens (primary N) is 1. The highest BCUT2D eigenvalue weighted by Gasteiger charge is 2.51. The average molecular weight is 281 g/mol. The molecule has 2 N–H and O–H groups in total. The van der Waals surface area contributed by atoms with Gasteiger partial charge in [0.25, 0.3) is 0 Å². The van der Waals surface area contributed by atoms with Gasteiger partial charge in [-0.05, 0) is 39.2 Å². The SMILES string of the molecule is CC1CN2CCCC2CN1C(=O)C1(C(N)=S)CCC1. The summed E-state index contributed by atoms with van der Waals surface area (Å²) in [7, 11) is 0. The number of hydrogen-bond acceptors (Lipinski definition) is 3. The first-order valence-corrected chi connectivity index (χ1v) is 7.80. The first kappa shape index (κ1) is 13.3. The molecule has 0 radical (unpaired) electrons. The Morgan fingerprint density at radius 1 is 1.32 bits per heavy atom. The van der Waals surface area contributed by atoms with Gasteiger partial charge in [-0.15, -0.1) is 0 Å². The highest BCUT2D eigenvalue weighted by molar-refractivity contribution is 7.80. The van der Waals surface area contributed by atoms with Gasteiger partial charge < -0.3 is 10.6 Å². The van der Waals surface area contributed by atoms with E-state index >= 15 is 0 Å². The van der Waals surface area contributed by atoms with Crippen molar-refractivity contribution in [1.82, 2.24) is 9.80 Å². The average Bonchev–Trinajstić information content (AvgIpc) is 2.72. The molecule has 2 atom stereocenters. The van der Waals surface area contributed by atoms with E-state index in [4.69, 9.17) is 18.0 Å². The van der Waals surface area contributed by atoms with Crippen molar-refractivity contribution in [2.45, 2.75) is 51.1 Å². The van der Waals surface area contributed by atoms with E-state index in [1.54, 1.807) is 0 Å². The molecule has 0 aromatic rings. The second-order valence-electron chi connectivity index (χ2n) is 6.40. The molecule has 106 valence electrons. The van der Waals surface area contributed by atoms with E-state index in [2.05, 4.69) is 16.7 Å². The Morgan fingerprint density at radius 2 is 2.05 bits per heavy atom. The number of carbonyl (C=O) groups excluding carboxylic acids is 1. The molecular formula is C14H23N3OS.